The summed E-state index contributed by atoms with van der Waals surface area (Å²) < 4.78 is 0. The first-order chi connectivity index (χ1) is 13.6. The van der Waals surface area contributed by atoms with Gasteiger partial charge in [-0.15, -0.1) is 0 Å². The van der Waals surface area contributed by atoms with Crippen LogP contribution >= 0.6 is 0 Å². The number of pyridine rings is 1. The lowest BCUT2D eigenvalue weighted by molar-refractivity contribution is -0.115. The molecule has 0 saturated carbocycles. The second-order valence-electron chi connectivity index (χ2n) is 6.81. The highest BCUT2D eigenvalue weighted by Gasteiger charge is 2.17. The van der Waals surface area contributed by atoms with E-state index in [9.17, 15) is 9.59 Å². The summed E-state index contributed by atoms with van der Waals surface area (Å²) in [6.07, 6.45) is -0.00171. The van der Waals surface area contributed by atoms with Crippen molar-refractivity contribution in [2.24, 2.45) is 0 Å². The van der Waals surface area contributed by atoms with Crippen LogP contribution in [-0.2, 0) is 11.2 Å². The lowest BCUT2D eigenvalue weighted by Gasteiger charge is -2.13. The first kappa shape index (κ1) is 17.7. The Morgan fingerprint density at radius 2 is 1.57 bits per heavy atom. The minimum atomic E-state index is -0.238. The Morgan fingerprint density at radius 3 is 2.32 bits per heavy atom. The average molecular weight is 368 g/mol. The fourth-order valence-electron chi connectivity index (χ4n) is 3.39. The number of aryl methyl sites for hydroxylation is 1. The number of amides is 1. The Labute approximate surface area is 162 Å². The van der Waals surface area contributed by atoms with Gasteiger partial charge in [-0.2, -0.15) is 0 Å². The SMILES string of the molecule is Cc1ccc(-c2c(CC(=O)Nc3ccccc3)c(=O)[nH]c3ccccc23)cc1. The maximum Gasteiger partial charge on any atom is 0.252 e. The van der Waals surface area contributed by atoms with E-state index in [1.54, 1.807) is 0 Å². The Bertz CT molecular complexity index is 1190. The number of hydrogen-bond acceptors (Lipinski definition) is 2. The van der Waals surface area contributed by atoms with Gasteiger partial charge in [-0.3, -0.25) is 9.59 Å². The predicted molar refractivity (Wildman–Crippen MR) is 114 cm³/mol. The maximum atomic E-state index is 12.8. The number of anilines is 1. The van der Waals surface area contributed by atoms with Gasteiger partial charge >= 0.3 is 0 Å². The van der Waals surface area contributed by atoms with E-state index < -0.39 is 0 Å². The Morgan fingerprint density at radius 1 is 0.893 bits per heavy atom. The van der Waals surface area contributed by atoms with Gasteiger partial charge in [0.1, 0.15) is 0 Å². The molecule has 0 unspecified atom stereocenters. The van der Waals surface area contributed by atoms with E-state index in [-0.39, 0.29) is 17.9 Å². The van der Waals surface area contributed by atoms with Crippen molar-refractivity contribution in [3.05, 3.63) is 100 Å². The quantitative estimate of drug-likeness (QED) is 0.549. The van der Waals surface area contributed by atoms with Crippen molar-refractivity contribution in [2.45, 2.75) is 13.3 Å². The van der Waals surface area contributed by atoms with Gasteiger partial charge < -0.3 is 10.3 Å². The van der Waals surface area contributed by atoms with Crippen molar-refractivity contribution in [1.29, 1.82) is 0 Å². The van der Waals surface area contributed by atoms with Crippen LogP contribution in [-0.4, -0.2) is 10.9 Å². The highest BCUT2D eigenvalue weighted by Crippen LogP contribution is 2.30. The number of rotatable bonds is 4. The molecule has 0 bridgehead atoms. The van der Waals surface area contributed by atoms with Crippen LogP contribution in [0.4, 0.5) is 5.69 Å². The first-order valence-electron chi connectivity index (χ1n) is 9.17. The maximum absolute atomic E-state index is 12.8. The van der Waals surface area contributed by atoms with Crippen molar-refractivity contribution >= 4 is 22.5 Å². The van der Waals surface area contributed by atoms with E-state index in [0.29, 0.717) is 11.3 Å². The molecule has 0 atom stereocenters. The number of benzene rings is 3. The fourth-order valence-corrected chi connectivity index (χ4v) is 3.39. The molecule has 4 aromatic rings. The van der Waals surface area contributed by atoms with Crippen LogP contribution < -0.4 is 10.9 Å². The zero-order chi connectivity index (χ0) is 19.5. The molecule has 0 radical (unpaired) electrons. The summed E-state index contributed by atoms with van der Waals surface area (Å²) in [4.78, 5) is 28.4. The number of fused-ring (bicyclic) bond motifs is 1. The van der Waals surface area contributed by atoms with Crippen LogP contribution in [0.1, 0.15) is 11.1 Å². The molecule has 0 fully saturated rings. The van der Waals surface area contributed by atoms with Crippen LogP contribution in [0.15, 0.2) is 83.7 Å². The number of nitrogens with one attached hydrogen (secondary N) is 2. The number of hydrogen-bond donors (Lipinski definition) is 2. The number of H-pyrrole nitrogens is 1. The molecule has 0 saturated heterocycles. The fraction of sp³-hybridized carbons (Fsp3) is 0.0833. The number of aromatic nitrogens is 1. The second kappa shape index (κ2) is 7.53. The molecule has 4 rings (SSSR count). The van der Waals surface area contributed by atoms with Gasteiger partial charge in [0.2, 0.25) is 5.91 Å². The molecule has 4 nitrogen and oxygen atoms in total. The van der Waals surface area contributed by atoms with E-state index in [2.05, 4.69) is 10.3 Å². The van der Waals surface area contributed by atoms with Gasteiger partial charge in [-0.25, -0.2) is 0 Å². The first-order valence-corrected chi connectivity index (χ1v) is 9.17. The summed E-state index contributed by atoms with van der Waals surface area (Å²) >= 11 is 0. The Kier molecular flexibility index (Phi) is 4.77. The summed E-state index contributed by atoms with van der Waals surface area (Å²) in [6, 6.07) is 24.9. The van der Waals surface area contributed by atoms with Crippen molar-refractivity contribution in [2.75, 3.05) is 5.32 Å². The molecule has 0 aliphatic carbocycles. The molecular weight excluding hydrogens is 348 g/mol. The largest absolute Gasteiger partial charge is 0.326 e. The standard InChI is InChI=1S/C24H20N2O2/c1-16-11-13-17(14-12-16)23-19-9-5-6-10-21(19)26-24(28)20(23)15-22(27)25-18-7-3-2-4-8-18/h2-14H,15H2,1H3,(H,25,27)(H,26,28). The summed E-state index contributed by atoms with van der Waals surface area (Å²) in [5.74, 6) is -0.222. The molecule has 28 heavy (non-hydrogen) atoms. The summed E-state index contributed by atoms with van der Waals surface area (Å²) in [5, 5.41) is 3.79. The van der Waals surface area contributed by atoms with Crippen molar-refractivity contribution in [3.63, 3.8) is 0 Å². The van der Waals surface area contributed by atoms with Gasteiger partial charge in [0.25, 0.3) is 5.56 Å². The van der Waals surface area contributed by atoms with E-state index >= 15 is 0 Å². The zero-order valence-corrected chi connectivity index (χ0v) is 15.5. The lowest BCUT2D eigenvalue weighted by atomic mass is 9.94. The molecular formula is C24H20N2O2. The zero-order valence-electron chi connectivity index (χ0n) is 15.5. The molecule has 0 aliphatic heterocycles. The van der Waals surface area contributed by atoms with E-state index in [0.717, 1.165) is 27.6 Å². The van der Waals surface area contributed by atoms with Crippen molar-refractivity contribution < 1.29 is 4.79 Å². The van der Waals surface area contributed by atoms with E-state index in [1.165, 1.54) is 0 Å². The van der Waals surface area contributed by atoms with Crippen LogP contribution in [0.3, 0.4) is 0 Å². The van der Waals surface area contributed by atoms with Crippen LogP contribution in [0.2, 0.25) is 0 Å². The van der Waals surface area contributed by atoms with Crippen LogP contribution in [0, 0.1) is 6.92 Å². The third kappa shape index (κ3) is 3.58. The Hall–Kier alpha value is -3.66. The molecule has 1 heterocycles. The molecule has 3 aromatic carbocycles. The predicted octanol–water partition coefficient (Wildman–Crippen LogP) is 4.68. The third-order valence-electron chi connectivity index (χ3n) is 4.76. The van der Waals surface area contributed by atoms with Crippen LogP contribution in [0.5, 0.6) is 0 Å². The molecule has 138 valence electrons. The van der Waals surface area contributed by atoms with Gasteiger partial charge in [-0.05, 0) is 30.7 Å². The van der Waals surface area contributed by atoms with E-state index in [1.807, 2.05) is 85.8 Å². The third-order valence-corrected chi connectivity index (χ3v) is 4.76. The van der Waals surface area contributed by atoms with Gasteiger partial charge in [0.15, 0.2) is 0 Å². The highest BCUT2D eigenvalue weighted by molar-refractivity contribution is 5.99. The summed E-state index contributed by atoms with van der Waals surface area (Å²) in [7, 11) is 0. The molecule has 2 N–H and O–H groups in total. The minimum Gasteiger partial charge on any atom is -0.326 e. The van der Waals surface area contributed by atoms with Crippen molar-refractivity contribution in [1.82, 2.24) is 4.98 Å². The molecule has 1 aromatic heterocycles. The number of aromatic amines is 1. The summed E-state index contributed by atoms with van der Waals surface area (Å²) in [6.45, 7) is 2.02. The smallest absolute Gasteiger partial charge is 0.252 e. The number of para-hydroxylation sites is 2. The molecule has 4 heteroatoms. The molecule has 0 aliphatic rings. The Balaban J connectivity index is 1.82. The van der Waals surface area contributed by atoms with E-state index in [4.69, 9.17) is 0 Å². The average Bonchev–Trinajstić information content (AvgIpc) is 2.70. The van der Waals surface area contributed by atoms with Gasteiger partial charge in [-0.1, -0.05) is 66.2 Å². The topological polar surface area (TPSA) is 62.0 Å². The van der Waals surface area contributed by atoms with Gasteiger partial charge in [0.05, 0.1) is 6.42 Å². The minimum absolute atomic E-state index is 0.00171. The molecule has 1 amide bonds. The normalized spacial score (nSPS) is 10.8. The van der Waals surface area contributed by atoms with Crippen molar-refractivity contribution in [3.8, 4) is 11.1 Å². The molecule has 0 spiro atoms. The van der Waals surface area contributed by atoms with Gasteiger partial charge in [0, 0.05) is 27.7 Å². The summed E-state index contributed by atoms with van der Waals surface area (Å²) in [5.41, 5.74) is 4.57. The monoisotopic (exact) mass is 368 g/mol. The second-order valence-corrected chi connectivity index (χ2v) is 6.81. The van der Waals surface area contributed by atoms with Crippen LogP contribution in [0.25, 0.3) is 22.0 Å². The number of carbonyl (C=O) groups is 1. The highest BCUT2D eigenvalue weighted by atomic mass is 16.2. The lowest BCUT2D eigenvalue weighted by Crippen LogP contribution is -2.22. The number of carbonyl (C=O) groups excluding carboxylic acids is 1.